The van der Waals surface area contributed by atoms with Gasteiger partial charge >= 0.3 is 0 Å². The maximum absolute atomic E-state index is 13.4. The molecule has 4 N–H and O–H groups in total. The first kappa shape index (κ1) is 24.8. The minimum Gasteiger partial charge on any atom is -0.369 e. The lowest BCUT2D eigenvalue weighted by Gasteiger charge is -2.32. The second-order valence-electron chi connectivity index (χ2n) is 7.51. The normalized spacial score (nSPS) is 14.7. The first-order valence-corrected chi connectivity index (χ1v) is 10.2. The minimum atomic E-state index is -0.219. The lowest BCUT2D eigenvalue weighted by atomic mass is 9.96. The van der Waals surface area contributed by atoms with Crippen LogP contribution in [0, 0.1) is 18.7 Å². The van der Waals surface area contributed by atoms with Gasteiger partial charge in [0, 0.05) is 50.9 Å². The molecule has 3 rings (SSSR count). The lowest BCUT2D eigenvalue weighted by molar-refractivity contribution is -0.122. The molecule has 0 unspecified atom stereocenters. The summed E-state index contributed by atoms with van der Waals surface area (Å²) in [5.41, 5.74) is 8.10. The number of rotatable bonds is 6. The van der Waals surface area contributed by atoms with E-state index in [9.17, 15) is 9.18 Å². The first-order valence-electron chi connectivity index (χ1n) is 10.2. The fourth-order valence-electron chi connectivity index (χ4n) is 3.63. The van der Waals surface area contributed by atoms with Crippen LogP contribution in [-0.4, -0.2) is 37.0 Å². The van der Waals surface area contributed by atoms with E-state index in [1.807, 2.05) is 18.2 Å². The Kier molecular flexibility index (Phi) is 9.47. The van der Waals surface area contributed by atoms with Gasteiger partial charge in [-0.2, -0.15) is 0 Å². The van der Waals surface area contributed by atoms with Gasteiger partial charge in [0.2, 0.25) is 5.91 Å². The predicted octanol–water partition coefficient (Wildman–Crippen LogP) is 2.71. The Balaban J connectivity index is 0.00000341. The Morgan fingerprint density at radius 3 is 2.61 bits per heavy atom. The number of amides is 1. The van der Waals surface area contributed by atoms with Crippen molar-refractivity contribution in [3.05, 3.63) is 59.0 Å². The number of anilines is 1. The second kappa shape index (κ2) is 11.8. The van der Waals surface area contributed by atoms with Crippen LogP contribution in [0.4, 0.5) is 10.2 Å². The zero-order valence-corrected chi connectivity index (χ0v) is 20.2. The highest BCUT2D eigenvalue weighted by Crippen LogP contribution is 2.24. The van der Waals surface area contributed by atoms with Crippen LogP contribution in [0.3, 0.4) is 0 Å². The number of halogens is 2. The van der Waals surface area contributed by atoms with Gasteiger partial charge in [-0.05, 0) is 43.0 Å². The van der Waals surface area contributed by atoms with Crippen molar-refractivity contribution in [2.75, 3.05) is 25.0 Å². The van der Waals surface area contributed by atoms with E-state index >= 15 is 0 Å². The molecule has 7 nitrogen and oxygen atoms in total. The van der Waals surface area contributed by atoms with E-state index in [2.05, 4.69) is 25.5 Å². The summed E-state index contributed by atoms with van der Waals surface area (Å²) in [6, 6.07) is 9.01. The molecular formula is C22H30FIN6O. The number of primary amides is 1. The Morgan fingerprint density at radius 1 is 1.26 bits per heavy atom. The molecule has 1 amide bonds. The van der Waals surface area contributed by atoms with Crippen molar-refractivity contribution in [3.63, 3.8) is 0 Å². The van der Waals surface area contributed by atoms with Crippen LogP contribution in [0.15, 0.2) is 41.5 Å². The zero-order chi connectivity index (χ0) is 21.5. The maximum Gasteiger partial charge on any atom is 0.220 e. The monoisotopic (exact) mass is 540 g/mol. The molecule has 1 aromatic heterocycles. The number of aryl methyl sites for hydroxylation is 1. The SMILES string of the molecule is CN=C(NCc1ccc(F)c(C)c1)NCc1cccnc1N1CCC(C(N)=O)CC1.I. The molecule has 0 radical (unpaired) electrons. The highest BCUT2D eigenvalue weighted by atomic mass is 127. The number of hydrogen-bond acceptors (Lipinski definition) is 4. The van der Waals surface area contributed by atoms with E-state index in [4.69, 9.17) is 5.73 Å². The van der Waals surface area contributed by atoms with E-state index in [0.717, 1.165) is 42.9 Å². The van der Waals surface area contributed by atoms with Crippen LogP contribution in [0.5, 0.6) is 0 Å². The van der Waals surface area contributed by atoms with Gasteiger partial charge in [-0.15, -0.1) is 24.0 Å². The molecule has 1 fully saturated rings. The van der Waals surface area contributed by atoms with E-state index in [1.54, 1.807) is 26.2 Å². The molecule has 1 aromatic carbocycles. The van der Waals surface area contributed by atoms with Crippen LogP contribution in [0.1, 0.15) is 29.5 Å². The standard InChI is InChI=1S/C22H29FN6O.HI/c1-15-12-16(5-6-19(15)23)13-27-22(25-2)28-14-18-4-3-9-26-21(18)29-10-7-17(8-11-29)20(24)30;/h3-6,9,12,17H,7-8,10-11,13-14H2,1-2H3,(H2,24,30)(H2,25,27,28);1H. The fraction of sp³-hybridized carbons (Fsp3) is 0.409. The number of aliphatic imine (C=N–C) groups is 1. The Hall–Kier alpha value is -2.43. The zero-order valence-electron chi connectivity index (χ0n) is 17.9. The summed E-state index contributed by atoms with van der Waals surface area (Å²) >= 11 is 0. The molecule has 1 aliphatic heterocycles. The van der Waals surface area contributed by atoms with Gasteiger partial charge in [0.05, 0.1) is 0 Å². The van der Waals surface area contributed by atoms with Crippen molar-refractivity contribution in [1.29, 1.82) is 0 Å². The number of carbonyl (C=O) groups excluding carboxylic acids is 1. The van der Waals surface area contributed by atoms with Gasteiger partial charge in [-0.25, -0.2) is 9.37 Å². The van der Waals surface area contributed by atoms with Gasteiger partial charge in [-0.1, -0.05) is 18.2 Å². The number of nitrogens with two attached hydrogens (primary N) is 1. The Labute approximate surface area is 199 Å². The molecular weight excluding hydrogens is 510 g/mol. The van der Waals surface area contributed by atoms with Crippen LogP contribution in [0.25, 0.3) is 0 Å². The molecule has 0 bridgehead atoms. The molecule has 2 heterocycles. The Bertz CT molecular complexity index is 915. The third-order valence-electron chi connectivity index (χ3n) is 5.42. The maximum atomic E-state index is 13.4. The number of hydrogen-bond donors (Lipinski definition) is 3. The van der Waals surface area contributed by atoms with Gasteiger partial charge < -0.3 is 21.3 Å². The number of aromatic nitrogens is 1. The van der Waals surface area contributed by atoms with Crippen LogP contribution >= 0.6 is 24.0 Å². The van der Waals surface area contributed by atoms with E-state index in [-0.39, 0.29) is 41.6 Å². The number of nitrogens with one attached hydrogen (secondary N) is 2. The lowest BCUT2D eigenvalue weighted by Crippen LogP contribution is -2.40. The highest BCUT2D eigenvalue weighted by Gasteiger charge is 2.24. The van der Waals surface area contributed by atoms with E-state index in [0.29, 0.717) is 24.6 Å². The average molecular weight is 540 g/mol. The number of guanidine groups is 1. The van der Waals surface area contributed by atoms with Gasteiger partial charge in [0.15, 0.2) is 5.96 Å². The second-order valence-corrected chi connectivity index (χ2v) is 7.51. The van der Waals surface area contributed by atoms with Gasteiger partial charge in [-0.3, -0.25) is 9.79 Å². The topological polar surface area (TPSA) is 95.6 Å². The fourth-order valence-corrected chi connectivity index (χ4v) is 3.63. The van der Waals surface area contributed by atoms with Crippen LogP contribution in [0.2, 0.25) is 0 Å². The van der Waals surface area contributed by atoms with Gasteiger partial charge in [0.25, 0.3) is 0 Å². The van der Waals surface area contributed by atoms with Crippen molar-refractivity contribution in [2.45, 2.75) is 32.9 Å². The summed E-state index contributed by atoms with van der Waals surface area (Å²) in [6.07, 6.45) is 3.28. The summed E-state index contributed by atoms with van der Waals surface area (Å²) in [7, 11) is 1.71. The molecule has 1 saturated heterocycles. The van der Waals surface area contributed by atoms with Crippen molar-refractivity contribution in [1.82, 2.24) is 15.6 Å². The molecule has 0 saturated carbocycles. The number of benzene rings is 1. The van der Waals surface area contributed by atoms with Gasteiger partial charge in [0.1, 0.15) is 11.6 Å². The van der Waals surface area contributed by atoms with Crippen molar-refractivity contribution in [2.24, 2.45) is 16.6 Å². The number of piperidine rings is 1. The summed E-state index contributed by atoms with van der Waals surface area (Å²) in [5.74, 6) is 1.09. The summed E-state index contributed by atoms with van der Waals surface area (Å²) < 4.78 is 13.4. The highest BCUT2D eigenvalue weighted by molar-refractivity contribution is 14.0. The average Bonchev–Trinajstić information content (AvgIpc) is 2.76. The Morgan fingerprint density at radius 2 is 1.97 bits per heavy atom. The predicted molar refractivity (Wildman–Crippen MR) is 132 cm³/mol. The number of carbonyl (C=O) groups is 1. The molecule has 0 aliphatic carbocycles. The van der Waals surface area contributed by atoms with E-state index in [1.165, 1.54) is 6.07 Å². The van der Waals surface area contributed by atoms with Crippen LogP contribution in [-0.2, 0) is 17.9 Å². The first-order chi connectivity index (χ1) is 14.5. The molecule has 2 aromatic rings. The molecule has 0 spiro atoms. The third kappa shape index (κ3) is 6.78. The quantitative estimate of drug-likeness (QED) is 0.298. The summed E-state index contributed by atoms with van der Waals surface area (Å²) in [4.78, 5) is 22.4. The largest absolute Gasteiger partial charge is 0.369 e. The summed E-state index contributed by atoms with van der Waals surface area (Å²) in [6.45, 7) is 4.37. The van der Waals surface area contributed by atoms with Crippen molar-refractivity contribution in [3.8, 4) is 0 Å². The number of nitrogens with zero attached hydrogens (tertiary/aromatic N) is 3. The van der Waals surface area contributed by atoms with E-state index < -0.39 is 0 Å². The van der Waals surface area contributed by atoms with Crippen molar-refractivity contribution >= 4 is 41.7 Å². The summed E-state index contributed by atoms with van der Waals surface area (Å²) in [5, 5.41) is 6.56. The molecule has 1 aliphatic rings. The van der Waals surface area contributed by atoms with Crippen molar-refractivity contribution < 1.29 is 9.18 Å². The molecule has 9 heteroatoms. The number of pyridine rings is 1. The molecule has 31 heavy (non-hydrogen) atoms. The molecule has 0 atom stereocenters. The third-order valence-corrected chi connectivity index (χ3v) is 5.42. The molecule has 168 valence electrons. The van der Waals surface area contributed by atoms with Crippen LogP contribution < -0.4 is 21.3 Å². The minimum absolute atomic E-state index is 0. The smallest absolute Gasteiger partial charge is 0.220 e.